The molecule has 1 aliphatic rings. The van der Waals surface area contributed by atoms with Crippen molar-refractivity contribution in [1.82, 2.24) is 0 Å². The van der Waals surface area contributed by atoms with Gasteiger partial charge in [0.25, 0.3) is 0 Å². The number of hydrogen-bond donors (Lipinski definition) is 1. The largest absolute Gasteiger partial charge is 0.334 e. The number of thioether (sulfide) groups is 1. The van der Waals surface area contributed by atoms with Gasteiger partial charge in [0, 0.05) is 10.2 Å². The van der Waals surface area contributed by atoms with Crippen LogP contribution >= 0.6 is 27.7 Å². The van der Waals surface area contributed by atoms with E-state index in [2.05, 4.69) is 46.2 Å². The lowest BCUT2D eigenvalue weighted by molar-refractivity contribution is 0.543. The van der Waals surface area contributed by atoms with Crippen LogP contribution in [0.4, 0.5) is 5.69 Å². The van der Waals surface area contributed by atoms with Gasteiger partial charge in [0.1, 0.15) is 0 Å². The number of nitrogens with zero attached hydrogens (tertiary/aromatic N) is 1. The lowest BCUT2D eigenvalue weighted by Crippen LogP contribution is -2.12. The molecule has 0 radical (unpaired) electrons. The van der Waals surface area contributed by atoms with E-state index in [1.165, 1.54) is 0 Å². The molecular weight excluding hydrogens is 284 g/mol. The van der Waals surface area contributed by atoms with E-state index >= 15 is 0 Å². The summed E-state index contributed by atoms with van der Waals surface area (Å²) in [5.41, 5.74) is 1.08. The van der Waals surface area contributed by atoms with Crippen LogP contribution in [0.25, 0.3) is 0 Å². The lowest BCUT2D eigenvalue weighted by atomic mass is 10.1. The third-order valence-corrected chi connectivity index (χ3v) is 4.24. The molecule has 1 heterocycles. The molecule has 1 aliphatic heterocycles. The molecule has 0 aromatic heterocycles. The number of aliphatic imine (C=N–C) groups is 1. The van der Waals surface area contributed by atoms with Crippen LogP contribution in [-0.2, 0) is 0 Å². The van der Waals surface area contributed by atoms with E-state index in [1.807, 2.05) is 18.2 Å². The van der Waals surface area contributed by atoms with E-state index in [0.29, 0.717) is 12.0 Å². The molecule has 0 fully saturated rings. The summed E-state index contributed by atoms with van der Waals surface area (Å²) in [6.45, 7) is 4.44. The van der Waals surface area contributed by atoms with Crippen molar-refractivity contribution in [3.8, 4) is 0 Å². The number of benzene rings is 1. The molecule has 86 valence electrons. The molecule has 0 aliphatic carbocycles. The van der Waals surface area contributed by atoms with Crippen molar-refractivity contribution < 1.29 is 0 Å². The summed E-state index contributed by atoms with van der Waals surface area (Å²) >= 11 is 5.32. The second kappa shape index (κ2) is 5.23. The van der Waals surface area contributed by atoms with Crippen LogP contribution in [0.5, 0.6) is 0 Å². The van der Waals surface area contributed by atoms with Gasteiger partial charge >= 0.3 is 0 Å². The Balaban J connectivity index is 2.07. The molecule has 0 amide bonds. The Bertz CT molecular complexity index is 404. The molecule has 1 aromatic rings. The minimum atomic E-state index is 0.454. The number of halogens is 1. The Morgan fingerprint density at radius 1 is 1.44 bits per heavy atom. The van der Waals surface area contributed by atoms with Crippen LogP contribution in [0.15, 0.2) is 33.7 Å². The van der Waals surface area contributed by atoms with E-state index in [1.54, 1.807) is 11.8 Å². The van der Waals surface area contributed by atoms with Crippen LogP contribution in [-0.4, -0.2) is 17.0 Å². The molecule has 0 unspecified atom stereocenters. The summed E-state index contributed by atoms with van der Waals surface area (Å²) in [7, 11) is 0. The smallest absolute Gasteiger partial charge is 0.161 e. The summed E-state index contributed by atoms with van der Waals surface area (Å²) in [4.78, 5) is 4.67. The zero-order valence-corrected chi connectivity index (χ0v) is 11.8. The number of hydrogen-bond acceptors (Lipinski definition) is 3. The number of nitrogens with one attached hydrogen (secondary N) is 1. The average Bonchev–Trinajstić information content (AvgIpc) is 2.70. The van der Waals surface area contributed by atoms with Crippen LogP contribution < -0.4 is 5.32 Å². The fourth-order valence-corrected chi connectivity index (χ4v) is 3.04. The quantitative estimate of drug-likeness (QED) is 0.893. The van der Waals surface area contributed by atoms with Crippen molar-refractivity contribution in [2.75, 3.05) is 11.1 Å². The second-order valence-corrected chi connectivity index (χ2v) is 6.02. The maximum absolute atomic E-state index is 4.67. The van der Waals surface area contributed by atoms with Crippen molar-refractivity contribution in [3.05, 3.63) is 28.7 Å². The van der Waals surface area contributed by atoms with Gasteiger partial charge in [-0.15, -0.1) is 0 Å². The topological polar surface area (TPSA) is 24.4 Å². The molecule has 0 spiro atoms. The number of rotatable bonds is 2. The molecule has 4 heteroatoms. The SMILES string of the molecule is CC(C)[C@H]1CSC(Nc2ccccc2Br)=N1. The standard InChI is InChI=1S/C12H15BrN2S/c1-8(2)11-7-16-12(15-11)14-10-6-4-3-5-9(10)13/h3-6,8,11H,7H2,1-2H3,(H,14,15)/t11-/m1/s1. The van der Waals surface area contributed by atoms with Crippen molar-refractivity contribution in [3.63, 3.8) is 0 Å². The first-order valence-corrected chi connectivity index (χ1v) is 7.17. The third kappa shape index (κ3) is 2.80. The molecule has 1 atom stereocenters. The Morgan fingerprint density at radius 3 is 2.81 bits per heavy atom. The van der Waals surface area contributed by atoms with Gasteiger partial charge in [0.05, 0.1) is 11.7 Å². The van der Waals surface area contributed by atoms with E-state index < -0.39 is 0 Å². The van der Waals surface area contributed by atoms with Gasteiger partial charge in [-0.1, -0.05) is 37.7 Å². The highest BCUT2D eigenvalue weighted by Gasteiger charge is 2.21. The maximum atomic E-state index is 4.67. The Morgan fingerprint density at radius 2 is 2.19 bits per heavy atom. The highest BCUT2D eigenvalue weighted by molar-refractivity contribution is 9.10. The molecule has 0 bridgehead atoms. The first-order chi connectivity index (χ1) is 7.66. The highest BCUT2D eigenvalue weighted by atomic mass is 79.9. The van der Waals surface area contributed by atoms with Crippen LogP contribution in [0.3, 0.4) is 0 Å². The minimum Gasteiger partial charge on any atom is -0.334 e. The first kappa shape index (κ1) is 12.0. The third-order valence-electron chi connectivity index (χ3n) is 2.56. The molecule has 0 saturated heterocycles. The Kier molecular flexibility index (Phi) is 3.92. The van der Waals surface area contributed by atoms with Crippen LogP contribution in [0.2, 0.25) is 0 Å². The maximum Gasteiger partial charge on any atom is 0.161 e. The zero-order chi connectivity index (χ0) is 11.5. The zero-order valence-electron chi connectivity index (χ0n) is 9.40. The van der Waals surface area contributed by atoms with Gasteiger partial charge in [-0.2, -0.15) is 0 Å². The molecule has 0 saturated carbocycles. The average molecular weight is 299 g/mol. The molecular formula is C12H15BrN2S. The summed E-state index contributed by atoms with van der Waals surface area (Å²) in [5, 5.41) is 4.39. The van der Waals surface area contributed by atoms with Gasteiger partial charge in [0.15, 0.2) is 5.17 Å². The van der Waals surface area contributed by atoms with Crippen molar-refractivity contribution in [2.45, 2.75) is 19.9 Å². The van der Waals surface area contributed by atoms with E-state index in [-0.39, 0.29) is 0 Å². The lowest BCUT2D eigenvalue weighted by Gasteiger charge is -2.08. The fourth-order valence-electron chi connectivity index (χ4n) is 1.48. The summed E-state index contributed by atoms with van der Waals surface area (Å²) in [5.74, 6) is 1.70. The number of para-hydroxylation sites is 1. The molecule has 1 N–H and O–H groups in total. The predicted octanol–water partition coefficient (Wildman–Crippen LogP) is 3.99. The second-order valence-electron chi connectivity index (χ2n) is 4.16. The van der Waals surface area contributed by atoms with E-state index in [9.17, 15) is 0 Å². The summed E-state index contributed by atoms with van der Waals surface area (Å²) in [6.07, 6.45) is 0. The normalized spacial score (nSPS) is 20.0. The van der Waals surface area contributed by atoms with Gasteiger partial charge in [-0.3, -0.25) is 4.99 Å². The molecule has 1 aromatic carbocycles. The van der Waals surface area contributed by atoms with Gasteiger partial charge in [-0.05, 0) is 34.0 Å². The van der Waals surface area contributed by atoms with Crippen LogP contribution in [0, 0.1) is 5.92 Å². The van der Waals surface area contributed by atoms with Gasteiger partial charge in [0.2, 0.25) is 0 Å². The monoisotopic (exact) mass is 298 g/mol. The van der Waals surface area contributed by atoms with Gasteiger partial charge in [-0.25, -0.2) is 0 Å². The van der Waals surface area contributed by atoms with Crippen molar-refractivity contribution in [2.24, 2.45) is 10.9 Å². The van der Waals surface area contributed by atoms with E-state index in [0.717, 1.165) is 21.1 Å². The number of amidine groups is 1. The summed E-state index contributed by atoms with van der Waals surface area (Å²) in [6, 6.07) is 8.57. The van der Waals surface area contributed by atoms with E-state index in [4.69, 9.17) is 0 Å². The van der Waals surface area contributed by atoms with Gasteiger partial charge < -0.3 is 5.32 Å². The van der Waals surface area contributed by atoms with Crippen molar-refractivity contribution >= 4 is 38.5 Å². The molecule has 2 nitrogen and oxygen atoms in total. The predicted molar refractivity (Wildman–Crippen MR) is 76.3 cm³/mol. The summed E-state index contributed by atoms with van der Waals surface area (Å²) < 4.78 is 1.08. The fraction of sp³-hybridized carbons (Fsp3) is 0.417. The van der Waals surface area contributed by atoms with Crippen LogP contribution in [0.1, 0.15) is 13.8 Å². The Labute approximate surface area is 109 Å². The van der Waals surface area contributed by atoms with Crippen molar-refractivity contribution in [1.29, 1.82) is 0 Å². The minimum absolute atomic E-state index is 0.454. The first-order valence-electron chi connectivity index (χ1n) is 5.39. The molecule has 16 heavy (non-hydrogen) atoms. The highest BCUT2D eigenvalue weighted by Crippen LogP contribution is 2.27. The number of anilines is 1. The Hall–Kier alpha value is -0.480. The molecule has 2 rings (SSSR count).